The van der Waals surface area contributed by atoms with Crippen LogP contribution in [0.15, 0.2) is 91.0 Å². The van der Waals surface area contributed by atoms with E-state index in [0.29, 0.717) is 0 Å². The number of hydrogen-bond acceptors (Lipinski definition) is 3. The maximum atomic E-state index is 6.49. The number of halogens is 1. The molecule has 0 unspecified atom stereocenters. The van der Waals surface area contributed by atoms with E-state index in [2.05, 4.69) is 96.0 Å². The van der Waals surface area contributed by atoms with E-state index in [-0.39, 0.29) is 5.28 Å². The van der Waals surface area contributed by atoms with Gasteiger partial charge in [-0.05, 0) is 63.5 Å². The van der Waals surface area contributed by atoms with Crippen molar-refractivity contribution >= 4 is 75.6 Å². The minimum Gasteiger partial charge on any atom is -0.217 e. The maximum absolute atomic E-state index is 6.49. The molecule has 0 aliphatic rings. The molecule has 5 aromatic carbocycles. The fourth-order valence-electron chi connectivity index (χ4n) is 4.67. The van der Waals surface area contributed by atoms with Crippen molar-refractivity contribution in [2.45, 2.75) is 0 Å². The summed E-state index contributed by atoms with van der Waals surface area (Å²) in [5.74, 6) is 0. The molecule has 2 aromatic heterocycles. The fraction of sp³-hybridized carbons (Fsp3) is 0. The van der Waals surface area contributed by atoms with Gasteiger partial charge in [-0.1, -0.05) is 60.7 Å². The summed E-state index contributed by atoms with van der Waals surface area (Å²) in [6.07, 6.45) is 0. The molecule has 2 nitrogen and oxygen atoms in total. The summed E-state index contributed by atoms with van der Waals surface area (Å²) < 4.78 is 2.47. The van der Waals surface area contributed by atoms with Gasteiger partial charge in [-0.2, -0.15) is 0 Å². The summed E-state index contributed by atoms with van der Waals surface area (Å²) in [6, 6.07) is 32.1. The molecule has 0 bridgehead atoms. The van der Waals surface area contributed by atoms with E-state index in [1.807, 2.05) is 0 Å². The van der Waals surface area contributed by atoms with Crippen molar-refractivity contribution in [3.05, 3.63) is 96.3 Å². The Bertz CT molecular complexity index is 1850. The van der Waals surface area contributed by atoms with Crippen molar-refractivity contribution in [2.75, 3.05) is 0 Å². The second kappa shape index (κ2) is 6.73. The van der Waals surface area contributed by atoms with Crippen LogP contribution in [0.25, 0.3) is 63.9 Å². The highest BCUT2D eigenvalue weighted by molar-refractivity contribution is 7.26. The van der Waals surface area contributed by atoms with Gasteiger partial charge in [0.25, 0.3) is 0 Å². The van der Waals surface area contributed by atoms with Crippen molar-refractivity contribution in [2.24, 2.45) is 0 Å². The van der Waals surface area contributed by atoms with Crippen molar-refractivity contribution < 1.29 is 0 Å². The molecule has 4 heteroatoms. The van der Waals surface area contributed by atoms with Crippen molar-refractivity contribution in [3.63, 3.8) is 0 Å². The molecule has 7 aromatic rings. The van der Waals surface area contributed by atoms with Crippen LogP contribution in [-0.4, -0.2) is 9.97 Å². The molecule has 150 valence electrons. The SMILES string of the molecule is Clc1nc(-c2ccc3ccccc3c2)c2ccc3sc4cc5ccccc5cc4c3c2n1. The Morgan fingerprint density at radius 1 is 0.594 bits per heavy atom. The lowest BCUT2D eigenvalue weighted by atomic mass is 10.00. The Morgan fingerprint density at radius 3 is 2.12 bits per heavy atom. The molecule has 7 rings (SSSR count). The quantitative estimate of drug-likeness (QED) is 0.236. The van der Waals surface area contributed by atoms with Gasteiger partial charge in [0.15, 0.2) is 0 Å². The van der Waals surface area contributed by atoms with Crippen LogP contribution in [0.3, 0.4) is 0 Å². The summed E-state index contributed by atoms with van der Waals surface area (Å²) >= 11 is 8.28. The number of thiophene rings is 1. The summed E-state index contributed by atoms with van der Waals surface area (Å²) in [5, 5.41) is 8.53. The van der Waals surface area contributed by atoms with Crippen LogP contribution in [0.1, 0.15) is 0 Å². The molecule has 0 atom stereocenters. The molecule has 0 saturated heterocycles. The topological polar surface area (TPSA) is 25.8 Å². The number of hydrogen-bond donors (Lipinski definition) is 0. The molecule has 32 heavy (non-hydrogen) atoms. The van der Waals surface area contributed by atoms with E-state index in [4.69, 9.17) is 16.6 Å². The van der Waals surface area contributed by atoms with Crippen LogP contribution >= 0.6 is 22.9 Å². The van der Waals surface area contributed by atoms with Crippen LogP contribution in [0.2, 0.25) is 5.28 Å². The zero-order valence-electron chi connectivity index (χ0n) is 16.8. The summed E-state index contributed by atoms with van der Waals surface area (Å²) in [7, 11) is 0. The minimum absolute atomic E-state index is 0.272. The normalized spacial score (nSPS) is 11.9. The van der Waals surface area contributed by atoms with Gasteiger partial charge in [0.05, 0.1) is 11.2 Å². The standard InChI is InChI=1S/C28H15ClN2S/c29-28-30-26(20-10-9-16-5-1-2-6-17(16)13-20)21-11-12-23-25(27(21)31-28)22-14-18-7-3-4-8-19(18)15-24(22)32-23/h1-15H. The van der Waals surface area contributed by atoms with Gasteiger partial charge in [0, 0.05) is 31.1 Å². The number of benzene rings is 5. The zero-order valence-corrected chi connectivity index (χ0v) is 18.4. The average Bonchev–Trinajstić information content (AvgIpc) is 3.19. The smallest absolute Gasteiger partial charge is 0.217 e. The first-order valence-electron chi connectivity index (χ1n) is 10.4. The Labute approximate surface area is 192 Å². The molecular weight excluding hydrogens is 432 g/mol. The van der Waals surface area contributed by atoms with Gasteiger partial charge in [-0.25, -0.2) is 9.97 Å². The second-order valence-corrected chi connectivity index (χ2v) is 9.46. The number of rotatable bonds is 1. The Balaban J connectivity index is 1.59. The van der Waals surface area contributed by atoms with Crippen LogP contribution in [-0.2, 0) is 0 Å². The predicted molar refractivity (Wildman–Crippen MR) is 138 cm³/mol. The highest BCUT2D eigenvalue weighted by Gasteiger charge is 2.16. The van der Waals surface area contributed by atoms with E-state index in [0.717, 1.165) is 27.5 Å². The van der Waals surface area contributed by atoms with Gasteiger partial charge < -0.3 is 0 Å². The van der Waals surface area contributed by atoms with Gasteiger partial charge in [-0.15, -0.1) is 11.3 Å². The molecule has 0 amide bonds. The third-order valence-electron chi connectivity index (χ3n) is 6.16. The first kappa shape index (κ1) is 18.1. The van der Waals surface area contributed by atoms with E-state index >= 15 is 0 Å². The Hall–Kier alpha value is -3.53. The molecule has 0 N–H and O–H groups in total. The van der Waals surface area contributed by atoms with Crippen LogP contribution in [0, 0.1) is 0 Å². The Kier molecular flexibility index (Phi) is 3.80. The van der Waals surface area contributed by atoms with E-state index in [1.54, 1.807) is 11.3 Å². The fourth-order valence-corrected chi connectivity index (χ4v) is 5.98. The maximum Gasteiger partial charge on any atom is 0.223 e. The summed E-state index contributed by atoms with van der Waals surface area (Å²) in [4.78, 5) is 9.37. The largest absolute Gasteiger partial charge is 0.223 e. The third-order valence-corrected chi connectivity index (χ3v) is 7.45. The van der Waals surface area contributed by atoms with Crippen LogP contribution in [0.5, 0.6) is 0 Å². The van der Waals surface area contributed by atoms with Crippen molar-refractivity contribution in [3.8, 4) is 11.3 Å². The summed E-state index contributed by atoms with van der Waals surface area (Å²) in [6.45, 7) is 0. The van der Waals surface area contributed by atoms with Crippen LogP contribution < -0.4 is 0 Å². The molecule has 0 aliphatic carbocycles. The van der Waals surface area contributed by atoms with Gasteiger partial charge >= 0.3 is 0 Å². The highest BCUT2D eigenvalue weighted by atomic mass is 35.5. The lowest BCUT2D eigenvalue weighted by Crippen LogP contribution is -1.92. The lowest BCUT2D eigenvalue weighted by molar-refractivity contribution is 1.23. The zero-order chi connectivity index (χ0) is 21.2. The monoisotopic (exact) mass is 446 g/mol. The average molecular weight is 447 g/mol. The first-order chi connectivity index (χ1) is 15.7. The molecule has 0 saturated carbocycles. The lowest BCUT2D eigenvalue weighted by Gasteiger charge is -2.09. The Morgan fingerprint density at radius 2 is 1.31 bits per heavy atom. The van der Waals surface area contributed by atoms with Crippen LogP contribution in [0.4, 0.5) is 0 Å². The highest BCUT2D eigenvalue weighted by Crippen LogP contribution is 2.41. The van der Waals surface area contributed by atoms with Gasteiger partial charge in [0.2, 0.25) is 5.28 Å². The molecule has 0 radical (unpaired) electrons. The minimum atomic E-state index is 0.272. The molecular formula is C28H15ClN2S. The predicted octanol–water partition coefficient (Wildman–Crippen LogP) is 8.62. The van der Waals surface area contributed by atoms with Crippen molar-refractivity contribution in [1.82, 2.24) is 9.97 Å². The molecule has 2 heterocycles. The molecule has 0 aliphatic heterocycles. The van der Waals surface area contributed by atoms with Crippen molar-refractivity contribution in [1.29, 1.82) is 0 Å². The molecule has 0 fully saturated rings. The van der Waals surface area contributed by atoms with E-state index < -0.39 is 0 Å². The van der Waals surface area contributed by atoms with Gasteiger partial charge in [0.1, 0.15) is 0 Å². The van der Waals surface area contributed by atoms with E-state index in [9.17, 15) is 0 Å². The summed E-state index contributed by atoms with van der Waals surface area (Å²) in [5.41, 5.74) is 2.82. The molecule has 0 spiro atoms. The first-order valence-corrected chi connectivity index (χ1v) is 11.6. The van der Waals surface area contributed by atoms with E-state index in [1.165, 1.54) is 36.3 Å². The number of nitrogens with zero attached hydrogens (tertiary/aromatic N) is 2. The second-order valence-electron chi connectivity index (χ2n) is 8.04. The number of aromatic nitrogens is 2. The number of fused-ring (bicyclic) bond motifs is 7. The third kappa shape index (κ3) is 2.65. The van der Waals surface area contributed by atoms with Gasteiger partial charge in [-0.3, -0.25) is 0 Å².